The van der Waals surface area contributed by atoms with E-state index in [4.69, 9.17) is 10.5 Å². The van der Waals surface area contributed by atoms with Crippen LogP contribution in [0.1, 0.15) is 50.2 Å². The highest BCUT2D eigenvalue weighted by atomic mass is 79.9. The summed E-state index contributed by atoms with van der Waals surface area (Å²) >= 11 is 3.65. The molecule has 3 heteroatoms. The fourth-order valence-electron chi connectivity index (χ4n) is 2.40. The summed E-state index contributed by atoms with van der Waals surface area (Å²) < 4.78 is 6.65. The molecular formula is C14H20BrNO. The molecule has 0 saturated heterocycles. The quantitative estimate of drug-likeness (QED) is 0.918. The van der Waals surface area contributed by atoms with Gasteiger partial charge in [-0.2, -0.15) is 0 Å². The second-order valence-electron chi connectivity index (χ2n) is 5.24. The maximum absolute atomic E-state index is 6.39. The van der Waals surface area contributed by atoms with Crippen molar-refractivity contribution in [3.8, 4) is 5.75 Å². The van der Waals surface area contributed by atoms with E-state index in [2.05, 4.69) is 41.9 Å². The number of methoxy groups -OCH3 is 1. The van der Waals surface area contributed by atoms with Gasteiger partial charge in [0, 0.05) is 15.6 Å². The Hall–Kier alpha value is -0.540. The summed E-state index contributed by atoms with van der Waals surface area (Å²) in [5.74, 6) is 1.40. The first-order chi connectivity index (χ1) is 7.98. The van der Waals surface area contributed by atoms with E-state index < -0.39 is 0 Å². The van der Waals surface area contributed by atoms with Gasteiger partial charge in [-0.25, -0.2) is 0 Å². The molecule has 94 valence electrons. The van der Waals surface area contributed by atoms with Crippen molar-refractivity contribution in [2.24, 2.45) is 5.73 Å². The van der Waals surface area contributed by atoms with Gasteiger partial charge in [0.25, 0.3) is 0 Å². The van der Waals surface area contributed by atoms with Gasteiger partial charge in [-0.05, 0) is 42.9 Å². The second-order valence-corrected chi connectivity index (χ2v) is 6.09. The average Bonchev–Trinajstić information content (AvgIpc) is 2.25. The Balaban J connectivity index is 2.49. The van der Waals surface area contributed by atoms with Gasteiger partial charge in [0.05, 0.1) is 7.11 Å². The maximum atomic E-state index is 6.39. The van der Waals surface area contributed by atoms with E-state index in [1.807, 2.05) is 0 Å². The number of hydrogen-bond acceptors (Lipinski definition) is 2. The molecular weight excluding hydrogens is 278 g/mol. The molecule has 0 spiro atoms. The summed E-state index contributed by atoms with van der Waals surface area (Å²) in [6.45, 7) is 4.36. The molecule has 2 rings (SSSR count). The number of hydrogen-bond donors (Lipinski definition) is 1. The van der Waals surface area contributed by atoms with Crippen LogP contribution in [0, 0.1) is 0 Å². The SMILES string of the molecule is COc1cc(C(C)C)c(Br)cc1C1(N)CCC1. The largest absolute Gasteiger partial charge is 0.496 e. The highest BCUT2D eigenvalue weighted by molar-refractivity contribution is 9.10. The summed E-state index contributed by atoms with van der Waals surface area (Å²) in [6.07, 6.45) is 3.32. The molecule has 1 aromatic rings. The molecule has 1 saturated carbocycles. The lowest BCUT2D eigenvalue weighted by Crippen LogP contribution is -2.43. The minimum absolute atomic E-state index is 0.177. The van der Waals surface area contributed by atoms with Gasteiger partial charge in [0.15, 0.2) is 0 Å². The molecule has 1 fully saturated rings. The third kappa shape index (κ3) is 2.23. The van der Waals surface area contributed by atoms with Crippen molar-refractivity contribution in [2.75, 3.05) is 7.11 Å². The molecule has 1 aromatic carbocycles. The zero-order chi connectivity index (χ0) is 12.6. The third-order valence-corrected chi connectivity index (χ3v) is 4.41. The van der Waals surface area contributed by atoms with E-state index >= 15 is 0 Å². The molecule has 0 heterocycles. The number of nitrogens with two attached hydrogens (primary N) is 1. The van der Waals surface area contributed by atoms with Crippen LogP contribution in [0.15, 0.2) is 16.6 Å². The Morgan fingerprint density at radius 3 is 2.41 bits per heavy atom. The van der Waals surface area contributed by atoms with Gasteiger partial charge in [-0.3, -0.25) is 0 Å². The lowest BCUT2D eigenvalue weighted by molar-refractivity contribution is 0.243. The van der Waals surface area contributed by atoms with Crippen molar-refractivity contribution in [3.05, 3.63) is 27.7 Å². The summed E-state index contributed by atoms with van der Waals surface area (Å²) in [5.41, 5.74) is 8.63. The minimum atomic E-state index is -0.177. The molecule has 17 heavy (non-hydrogen) atoms. The number of benzene rings is 1. The molecule has 1 aliphatic rings. The Kier molecular flexibility index (Phi) is 3.50. The highest BCUT2D eigenvalue weighted by Crippen LogP contribution is 2.45. The van der Waals surface area contributed by atoms with Crippen molar-refractivity contribution in [2.45, 2.75) is 44.6 Å². The standard InChI is InChI=1S/C14H20BrNO/c1-9(2)10-7-13(17-3)11(8-12(10)15)14(16)5-4-6-14/h7-9H,4-6,16H2,1-3H3. The first-order valence-corrected chi connectivity index (χ1v) is 6.94. The molecule has 0 aromatic heterocycles. The van der Waals surface area contributed by atoms with Crippen molar-refractivity contribution < 1.29 is 4.74 Å². The molecule has 0 amide bonds. The van der Waals surface area contributed by atoms with Gasteiger partial charge < -0.3 is 10.5 Å². The van der Waals surface area contributed by atoms with Crippen LogP contribution in [-0.4, -0.2) is 7.11 Å². The third-order valence-electron chi connectivity index (χ3n) is 3.72. The van der Waals surface area contributed by atoms with Crippen LogP contribution in [0.5, 0.6) is 5.75 Å². The number of ether oxygens (including phenoxy) is 1. The van der Waals surface area contributed by atoms with Gasteiger partial charge >= 0.3 is 0 Å². The average molecular weight is 298 g/mol. The smallest absolute Gasteiger partial charge is 0.124 e. The van der Waals surface area contributed by atoms with Crippen molar-refractivity contribution in [3.63, 3.8) is 0 Å². The first-order valence-electron chi connectivity index (χ1n) is 6.15. The van der Waals surface area contributed by atoms with Crippen LogP contribution in [0.2, 0.25) is 0 Å². The van der Waals surface area contributed by atoms with E-state index in [0.29, 0.717) is 5.92 Å². The summed E-state index contributed by atoms with van der Waals surface area (Å²) in [4.78, 5) is 0. The normalized spacial score (nSPS) is 18.0. The first kappa shape index (κ1) is 12.9. The molecule has 0 unspecified atom stereocenters. The van der Waals surface area contributed by atoms with E-state index in [1.165, 1.54) is 12.0 Å². The predicted octanol–water partition coefficient (Wildman–Crippen LogP) is 3.92. The monoisotopic (exact) mass is 297 g/mol. The van der Waals surface area contributed by atoms with Crippen LogP contribution in [0.4, 0.5) is 0 Å². The molecule has 0 radical (unpaired) electrons. The van der Waals surface area contributed by atoms with Crippen LogP contribution < -0.4 is 10.5 Å². The highest BCUT2D eigenvalue weighted by Gasteiger charge is 2.37. The second kappa shape index (κ2) is 4.62. The molecule has 0 bridgehead atoms. The van der Waals surface area contributed by atoms with Crippen LogP contribution in [0.25, 0.3) is 0 Å². The van der Waals surface area contributed by atoms with Gasteiger partial charge in [-0.1, -0.05) is 29.8 Å². The number of halogens is 1. The van der Waals surface area contributed by atoms with Crippen molar-refractivity contribution >= 4 is 15.9 Å². The molecule has 0 atom stereocenters. The van der Waals surface area contributed by atoms with Gasteiger partial charge in [0.2, 0.25) is 0 Å². The lowest BCUT2D eigenvalue weighted by Gasteiger charge is -2.39. The Bertz CT molecular complexity index is 424. The van der Waals surface area contributed by atoms with Crippen LogP contribution >= 0.6 is 15.9 Å². The molecule has 2 nitrogen and oxygen atoms in total. The molecule has 2 N–H and O–H groups in total. The summed E-state index contributed by atoms with van der Waals surface area (Å²) in [6, 6.07) is 4.27. The molecule has 0 aliphatic heterocycles. The number of rotatable bonds is 3. The summed E-state index contributed by atoms with van der Waals surface area (Å²) in [5, 5.41) is 0. The molecule has 1 aliphatic carbocycles. The van der Waals surface area contributed by atoms with E-state index in [-0.39, 0.29) is 5.54 Å². The van der Waals surface area contributed by atoms with Crippen LogP contribution in [-0.2, 0) is 5.54 Å². The van der Waals surface area contributed by atoms with E-state index in [9.17, 15) is 0 Å². The van der Waals surface area contributed by atoms with Gasteiger partial charge in [0.1, 0.15) is 5.75 Å². The van der Waals surface area contributed by atoms with Crippen LogP contribution in [0.3, 0.4) is 0 Å². The fourth-order valence-corrected chi connectivity index (χ4v) is 3.20. The van der Waals surface area contributed by atoms with Gasteiger partial charge in [-0.15, -0.1) is 0 Å². The topological polar surface area (TPSA) is 35.2 Å². The minimum Gasteiger partial charge on any atom is -0.496 e. The summed E-state index contributed by atoms with van der Waals surface area (Å²) in [7, 11) is 1.72. The maximum Gasteiger partial charge on any atom is 0.124 e. The lowest BCUT2D eigenvalue weighted by atomic mass is 9.72. The fraction of sp³-hybridized carbons (Fsp3) is 0.571. The predicted molar refractivity (Wildman–Crippen MR) is 74.5 cm³/mol. The van der Waals surface area contributed by atoms with E-state index in [1.54, 1.807) is 7.11 Å². The zero-order valence-electron chi connectivity index (χ0n) is 10.7. The van der Waals surface area contributed by atoms with Crippen molar-refractivity contribution in [1.82, 2.24) is 0 Å². The zero-order valence-corrected chi connectivity index (χ0v) is 12.3. The van der Waals surface area contributed by atoms with Crippen molar-refractivity contribution in [1.29, 1.82) is 0 Å². The Labute approximate surface area is 112 Å². The van der Waals surface area contributed by atoms with E-state index in [0.717, 1.165) is 28.6 Å². The Morgan fingerprint density at radius 1 is 1.35 bits per heavy atom. The Morgan fingerprint density at radius 2 is 2.00 bits per heavy atom.